The zero-order valence-corrected chi connectivity index (χ0v) is 10.2. The lowest BCUT2D eigenvalue weighted by atomic mass is 10.1. The van der Waals surface area contributed by atoms with Crippen molar-refractivity contribution in [2.45, 2.75) is 24.3 Å². The largest absolute Gasteiger partial charge is 0.393 e. The van der Waals surface area contributed by atoms with Gasteiger partial charge in [-0.2, -0.15) is 0 Å². The summed E-state index contributed by atoms with van der Waals surface area (Å²) < 4.78 is 1.08. The molecule has 1 aromatic carbocycles. The molecule has 0 aliphatic rings. The molecule has 0 bridgehead atoms. The first-order valence-electron chi connectivity index (χ1n) is 4.14. The van der Waals surface area contributed by atoms with Crippen LogP contribution in [-0.2, 0) is 6.42 Å². The van der Waals surface area contributed by atoms with Gasteiger partial charge >= 0.3 is 0 Å². The molecule has 1 nitrogen and oxygen atoms in total. The summed E-state index contributed by atoms with van der Waals surface area (Å²) >= 11 is 5.20. The van der Waals surface area contributed by atoms with E-state index < -0.39 is 0 Å². The van der Waals surface area contributed by atoms with Crippen LogP contribution in [0.25, 0.3) is 0 Å². The van der Waals surface area contributed by atoms with Crippen molar-refractivity contribution in [3.8, 4) is 0 Å². The zero-order valence-electron chi connectivity index (χ0n) is 7.75. The minimum Gasteiger partial charge on any atom is -0.393 e. The Hall–Kier alpha value is 0.01000. The fraction of sp³-hybridized carbons (Fsp3) is 0.400. The van der Waals surface area contributed by atoms with E-state index in [0.29, 0.717) is 6.42 Å². The second kappa shape index (κ2) is 5.03. The van der Waals surface area contributed by atoms with Crippen LogP contribution >= 0.6 is 27.7 Å². The van der Waals surface area contributed by atoms with Gasteiger partial charge < -0.3 is 5.11 Å². The molecule has 0 heterocycles. The summed E-state index contributed by atoms with van der Waals surface area (Å²) in [4.78, 5) is 1.23. The summed E-state index contributed by atoms with van der Waals surface area (Å²) in [6.07, 6.45) is 2.47. The Balaban J connectivity index is 3.00. The molecule has 1 atom stereocenters. The minimum absolute atomic E-state index is 0.287. The van der Waals surface area contributed by atoms with E-state index in [-0.39, 0.29) is 6.10 Å². The third-order valence-electron chi connectivity index (χ3n) is 1.80. The molecule has 0 spiro atoms. The van der Waals surface area contributed by atoms with Gasteiger partial charge in [0.1, 0.15) is 0 Å². The van der Waals surface area contributed by atoms with Crippen LogP contribution in [0.15, 0.2) is 27.6 Å². The van der Waals surface area contributed by atoms with Crippen molar-refractivity contribution in [2.24, 2.45) is 0 Å². The first-order chi connectivity index (χ1) is 6.15. The Morgan fingerprint density at radius 3 is 2.77 bits per heavy atom. The van der Waals surface area contributed by atoms with Crippen LogP contribution in [0, 0.1) is 0 Å². The van der Waals surface area contributed by atoms with Gasteiger partial charge in [-0.15, -0.1) is 11.8 Å². The lowest BCUT2D eigenvalue weighted by Crippen LogP contribution is -2.05. The molecular weight excluding hydrogens is 248 g/mol. The van der Waals surface area contributed by atoms with Crippen LogP contribution < -0.4 is 0 Å². The summed E-state index contributed by atoms with van der Waals surface area (Å²) in [6, 6.07) is 6.10. The monoisotopic (exact) mass is 260 g/mol. The van der Waals surface area contributed by atoms with E-state index in [9.17, 15) is 5.11 Å². The van der Waals surface area contributed by atoms with Crippen LogP contribution in [-0.4, -0.2) is 17.5 Å². The molecular formula is C10H13BrOS. The van der Waals surface area contributed by atoms with Crippen molar-refractivity contribution < 1.29 is 5.11 Å². The van der Waals surface area contributed by atoms with Gasteiger partial charge in [-0.3, -0.25) is 0 Å². The molecule has 0 aliphatic heterocycles. The maximum absolute atomic E-state index is 9.32. The second-order valence-corrected chi connectivity index (χ2v) is 4.68. The SMILES string of the molecule is CSc1cccc(Br)c1CC(C)O. The van der Waals surface area contributed by atoms with E-state index in [2.05, 4.69) is 22.0 Å². The number of aliphatic hydroxyl groups is 1. The summed E-state index contributed by atoms with van der Waals surface area (Å²) in [6.45, 7) is 1.81. The third kappa shape index (κ3) is 3.01. The number of hydrogen-bond acceptors (Lipinski definition) is 2. The molecule has 0 fully saturated rings. The van der Waals surface area contributed by atoms with E-state index in [1.54, 1.807) is 11.8 Å². The van der Waals surface area contributed by atoms with Crippen LogP contribution in [0.5, 0.6) is 0 Å². The van der Waals surface area contributed by atoms with Gasteiger partial charge in [0.25, 0.3) is 0 Å². The number of rotatable bonds is 3. The van der Waals surface area contributed by atoms with Crippen molar-refractivity contribution in [2.75, 3.05) is 6.26 Å². The topological polar surface area (TPSA) is 20.2 Å². The van der Waals surface area contributed by atoms with Crippen LogP contribution in [0.4, 0.5) is 0 Å². The maximum Gasteiger partial charge on any atom is 0.0553 e. The van der Waals surface area contributed by atoms with E-state index in [0.717, 1.165) is 4.47 Å². The Morgan fingerprint density at radius 2 is 2.23 bits per heavy atom. The molecule has 72 valence electrons. The number of aliphatic hydroxyl groups excluding tert-OH is 1. The predicted octanol–water partition coefficient (Wildman–Crippen LogP) is 3.09. The Kier molecular flexibility index (Phi) is 4.29. The number of thioether (sulfide) groups is 1. The lowest BCUT2D eigenvalue weighted by Gasteiger charge is -2.11. The van der Waals surface area contributed by atoms with Crippen LogP contribution in [0.1, 0.15) is 12.5 Å². The number of hydrogen-bond donors (Lipinski definition) is 1. The standard InChI is InChI=1S/C10H13BrOS/c1-7(12)6-8-9(11)4-3-5-10(8)13-2/h3-5,7,12H,6H2,1-2H3. The van der Waals surface area contributed by atoms with Crippen molar-refractivity contribution in [1.29, 1.82) is 0 Å². The smallest absolute Gasteiger partial charge is 0.0553 e. The Labute approximate surface area is 91.7 Å². The predicted molar refractivity (Wildman–Crippen MR) is 61.3 cm³/mol. The van der Waals surface area contributed by atoms with Gasteiger partial charge in [-0.25, -0.2) is 0 Å². The quantitative estimate of drug-likeness (QED) is 0.844. The number of benzene rings is 1. The van der Waals surface area contributed by atoms with Crippen molar-refractivity contribution in [3.05, 3.63) is 28.2 Å². The molecule has 1 unspecified atom stereocenters. The first-order valence-corrected chi connectivity index (χ1v) is 6.16. The fourth-order valence-electron chi connectivity index (χ4n) is 1.22. The normalized spacial score (nSPS) is 12.9. The second-order valence-electron chi connectivity index (χ2n) is 2.97. The highest BCUT2D eigenvalue weighted by Gasteiger charge is 2.08. The molecule has 0 saturated heterocycles. The molecule has 1 N–H and O–H groups in total. The van der Waals surface area contributed by atoms with Crippen molar-refractivity contribution >= 4 is 27.7 Å². The molecule has 1 aromatic rings. The molecule has 0 radical (unpaired) electrons. The molecule has 3 heteroatoms. The highest BCUT2D eigenvalue weighted by atomic mass is 79.9. The first kappa shape index (κ1) is 11.1. The van der Waals surface area contributed by atoms with E-state index in [1.807, 2.05) is 25.3 Å². The zero-order chi connectivity index (χ0) is 9.84. The molecule has 0 aromatic heterocycles. The van der Waals surface area contributed by atoms with Crippen molar-refractivity contribution in [1.82, 2.24) is 0 Å². The summed E-state index contributed by atoms with van der Waals surface area (Å²) in [7, 11) is 0. The molecule has 0 aliphatic carbocycles. The van der Waals surface area contributed by atoms with Gasteiger partial charge in [0.2, 0.25) is 0 Å². The van der Waals surface area contributed by atoms with E-state index in [4.69, 9.17) is 0 Å². The Bertz CT molecular complexity index is 286. The average Bonchev–Trinajstić information content (AvgIpc) is 2.08. The lowest BCUT2D eigenvalue weighted by molar-refractivity contribution is 0.194. The molecule has 1 rings (SSSR count). The van der Waals surface area contributed by atoms with E-state index >= 15 is 0 Å². The van der Waals surface area contributed by atoms with Crippen LogP contribution in [0.3, 0.4) is 0 Å². The van der Waals surface area contributed by atoms with Gasteiger partial charge in [0, 0.05) is 15.8 Å². The maximum atomic E-state index is 9.32. The average molecular weight is 261 g/mol. The number of halogens is 1. The van der Waals surface area contributed by atoms with Gasteiger partial charge in [-0.05, 0) is 30.9 Å². The molecule has 0 saturated carbocycles. The van der Waals surface area contributed by atoms with Gasteiger partial charge in [0.15, 0.2) is 0 Å². The van der Waals surface area contributed by atoms with Crippen LogP contribution in [0.2, 0.25) is 0 Å². The highest BCUT2D eigenvalue weighted by Crippen LogP contribution is 2.28. The highest BCUT2D eigenvalue weighted by molar-refractivity contribution is 9.10. The van der Waals surface area contributed by atoms with Crippen molar-refractivity contribution in [3.63, 3.8) is 0 Å². The summed E-state index contributed by atoms with van der Waals surface area (Å²) in [5.74, 6) is 0. The summed E-state index contributed by atoms with van der Waals surface area (Å²) in [5, 5.41) is 9.32. The molecule has 13 heavy (non-hydrogen) atoms. The fourth-order valence-corrected chi connectivity index (χ4v) is 2.54. The molecule has 0 amide bonds. The minimum atomic E-state index is -0.287. The third-order valence-corrected chi connectivity index (χ3v) is 3.36. The van der Waals surface area contributed by atoms with E-state index in [1.165, 1.54) is 10.5 Å². The summed E-state index contributed by atoms with van der Waals surface area (Å²) in [5.41, 5.74) is 1.20. The van der Waals surface area contributed by atoms with Gasteiger partial charge in [-0.1, -0.05) is 22.0 Å². The Morgan fingerprint density at radius 1 is 1.54 bits per heavy atom. The van der Waals surface area contributed by atoms with Gasteiger partial charge in [0.05, 0.1) is 6.10 Å².